The summed E-state index contributed by atoms with van der Waals surface area (Å²) in [7, 11) is 3.19. The predicted octanol–water partition coefficient (Wildman–Crippen LogP) is 2.79. The molecule has 0 heterocycles. The van der Waals surface area contributed by atoms with Crippen LogP contribution in [0.4, 0.5) is 0 Å². The van der Waals surface area contributed by atoms with Gasteiger partial charge in [0.1, 0.15) is 12.4 Å². The molecule has 0 unspecified atom stereocenters. The summed E-state index contributed by atoms with van der Waals surface area (Å²) in [5, 5.41) is 2.88. The number of esters is 1. The van der Waals surface area contributed by atoms with E-state index in [2.05, 4.69) is 16.6 Å². The van der Waals surface area contributed by atoms with Crippen LogP contribution in [0.15, 0.2) is 61.0 Å². The molecule has 0 atom stereocenters. The number of methoxy groups -OCH3 is 1. The Morgan fingerprint density at radius 2 is 2.00 bits per heavy atom. The van der Waals surface area contributed by atoms with Crippen LogP contribution >= 0.6 is 0 Å². The highest BCUT2D eigenvalue weighted by molar-refractivity contribution is 5.89. The third kappa shape index (κ3) is 5.44. The van der Waals surface area contributed by atoms with Crippen molar-refractivity contribution in [3.63, 3.8) is 0 Å². The fraction of sp³-hybridized carbons (Fsp3) is 0.188. The van der Waals surface area contributed by atoms with Gasteiger partial charge >= 0.3 is 5.97 Å². The minimum Gasteiger partial charge on any atom is -0.490 e. The summed E-state index contributed by atoms with van der Waals surface area (Å²) >= 11 is 0. The maximum absolute atomic E-state index is 11.3. The first-order valence-electron chi connectivity index (χ1n) is 6.17. The van der Waals surface area contributed by atoms with Gasteiger partial charge in [0.15, 0.2) is 0 Å². The number of ether oxygens (including phenoxy) is 2. The highest BCUT2D eigenvalue weighted by atomic mass is 16.5. The van der Waals surface area contributed by atoms with Crippen molar-refractivity contribution in [3.05, 3.63) is 72.2 Å². The Balaban J connectivity index is 2.45. The first kappa shape index (κ1) is 15.6. The van der Waals surface area contributed by atoms with Gasteiger partial charge in [0.25, 0.3) is 0 Å². The summed E-state index contributed by atoms with van der Waals surface area (Å²) in [5.41, 5.74) is 1.48. The summed E-state index contributed by atoms with van der Waals surface area (Å²) in [6.07, 6.45) is 7.25. The van der Waals surface area contributed by atoms with Gasteiger partial charge in [-0.05, 0) is 36.0 Å². The minimum atomic E-state index is -0.346. The Labute approximate surface area is 119 Å². The highest BCUT2D eigenvalue weighted by Crippen LogP contribution is 2.09. The van der Waals surface area contributed by atoms with Gasteiger partial charge in [-0.2, -0.15) is 0 Å². The maximum atomic E-state index is 11.3. The van der Waals surface area contributed by atoms with Gasteiger partial charge in [-0.15, -0.1) is 0 Å². The molecule has 0 spiro atoms. The van der Waals surface area contributed by atoms with Crippen molar-refractivity contribution in [3.8, 4) is 0 Å². The third-order valence-electron chi connectivity index (χ3n) is 2.46. The van der Waals surface area contributed by atoms with Crippen LogP contribution in [0.2, 0.25) is 0 Å². The molecule has 4 nitrogen and oxygen atoms in total. The van der Waals surface area contributed by atoms with Gasteiger partial charge in [0, 0.05) is 7.05 Å². The second-order valence-corrected chi connectivity index (χ2v) is 3.95. The monoisotopic (exact) mass is 273 g/mol. The quantitative estimate of drug-likeness (QED) is 0.471. The van der Waals surface area contributed by atoms with Crippen LogP contribution in [0.3, 0.4) is 0 Å². The molecule has 0 saturated heterocycles. The first-order chi connectivity index (χ1) is 9.67. The molecular formula is C16H19NO3. The molecule has 1 rings (SSSR count). The molecule has 0 saturated carbocycles. The van der Waals surface area contributed by atoms with E-state index >= 15 is 0 Å². The van der Waals surface area contributed by atoms with Crippen LogP contribution < -0.4 is 5.32 Å². The molecule has 0 aliphatic carbocycles. The number of nitrogens with one attached hydrogen (secondary N) is 1. The molecule has 4 heteroatoms. The first-order valence-corrected chi connectivity index (χ1v) is 6.17. The summed E-state index contributed by atoms with van der Waals surface area (Å²) in [6.45, 7) is 4.19. The molecular weight excluding hydrogens is 254 g/mol. The van der Waals surface area contributed by atoms with Crippen LogP contribution in [0.25, 0.3) is 0 Å². The van der Waals surface area contributed by atoms with Gasteiger partial charge in [-0.3, -0.25) is 0 Å². The van der Waals surface area contributed by atoms with Crippen LogP contribution in [0, 0.1) is 0 Å². The van der Waals surface area contributed by atoms with Crippen LogP contribution in [-0.2, 0) is 16.1 Å². The summed E-state index contributed by atoms with van der Waals surface area (Å²) in [6, 6.07) is 7.06. The average Bonchev–Trinajstić information content (AvgIpc) is 2.49. The lowest BCUT2D eigenvalue weighted by molar-refractivity contribution is 0.0600. The normalized spacial score (nSPS) is 10.7. The fourth-order valence-electron chi connectivity index (χ4n) is 1.39. The van der Waals surface area contributed by atoms with Crippen molar-refractivity contribution in [2.24, 2.45) is 0 Å². The van der Waals surface area contributed by atoms with Gasteiger partial charge < -0.3 is 14.8 Å². The van der Waals surface area contributed by atoms with E-state index in [-0.39, 0.29) is 5.97 Å². The number of carbonyl (C=O) groups excluding carboxylic acids is 1. The minimum absolute atomic E-state index is 0.346. The van der Waals surface area contributed by atoms with E-state index in [1.165, 1.54) is 7.11 Å². The number of carbonyl (C=O) groups is 1. The number of hydrogen-bond donors (Lipinski definition) is 1. The maximum Gasteiger partial charge on any atom is 0.337 e. The molecule has 1 N–H and O–H groups in total. The lowest BCUT2D eigenvalue weighted by Gasteiger charge is -2.06. The Morgan fingerprint density at radius 3 is 2.60 bits per heavy atom. The van der Waals surface area contributed by atoms with E-state index in [4.69, 9.17) is 4.74 Å². The number of allylic oxidation sites excluding steroid dienone is 3. The second kappa shape index (κ2) is 8.58. The number of rotatable bonds is 7. The van der Waals surface area contributed by atoms with Crippen LogP contribution in [0.5, 0.6) is 0 Å². The molecule has 0 bridgehead atoms. The van der Waals surface area contributed by atoms with E-state index in [0.29, 0.717) is 17.9 Å². The zero-order valence-electron chi connectivity index (χ0n) is 11.8. The molecule has 0 amide bonds. The van der Waals surface area contributed by atoms with Crippen molar-refractivity contribution in [1.29, 1.82) is 0 Å². The van der Waals surface area contributed by atoms with Crippen molar-refractivity contribution in [2.45, 2.75) is 6.61 Å². The standard InChI is InChI=1S/C16H19NO3/c1-13(6-4-5-11-17-2)20-12-14-7-9-15(10-8-14)16(18)19-3/h4-11,17H,1,12H2,2-3H3. The zero-order chi connectivity index (χ0) is 14.8. The number of benzene rings is 1. The molecule has 0 aliphatic heterocycles. The largest absolute Gasteiger partial charge is 0.490 e. The number of hydrogen-bond acceptors (Lipinski definition) is 4. The molecule has 0 radical (unpaired) electrons. The Bertz CT molecular complexity index is 501. The topological polar surface area (TPSA) is 47.6 Å². The van der Waals surface area contributed by atoms with Crippen LogP contribution in [-0.4, -0.2) is 20.1 Å². The molecule has 20 heavy (non-hydrogen) atoms. The Morgan fingerprint density at radius 1 is 1.30 bits per heavy atom. The molecule has 0 aromatic heterocycles. The van der Waals surface area contributed by atoms with E-state index < -0.39 is 0 Å². The highest BCUT2D eigenvalue weighted by Gasteiger charge is 2.04. The summed E-state index contributed by atoms with van der Waals surface area (Å²) in [5.74, 6) is 0.226. The smallest absolute Gasteiger partial charge is 0.337 e. The van der Waals surface area contributed by atoms with Gasteiger partial charge in [0.2, 0.25) is 0 Å². The SMILES string of the molecule is C=C(C=CC=CNC)OCc1ccc(C(=O)OC)cc1. The average molecular weight is 273 g/mol. The van der Waals surface area contributed by atoms with E-state index in [0.717, 1.165) is 5.56 Å². The van der Waals surface area contributed by atoms with Gasteiger partial charge in [0.05, 0.1) is 12.7 Å². The molecule has 106 valence electrons. The van der Waals surface area contributed by atoms with Crippen molar-refractivity contribution in [1.82, 2.24) is 5.32 Å². The predicted molar refractivity (Wildman–Crippen MR) is 79.1 cm³/mol. The molecule has 1 aromatic rings. The van der Waals surface area contributed by atoms with Crippen LogP contribution in [0.1, 0.15) is 15.9 Å². The van der Waals surface area contributed by atoms with Crippen molar-refractivity contribution >= 4 is 5.97 Å². The molecule has 0 aliphatic rings. The van der Waals surface area contributed by atoms with Crippen molar-refractivity contribution < 1.29 is 14.3 Å². The zero-order valence-corrected chi connectivity index (χ0v) is 11.8. The lowest BCUT2D eigenvalue weighted by Crippen LogP contribution is -2.01. The Kier molecular flexibility index (Phi) is 6.68. The van der Waals surface area contributed by atoms with Crippen molar-refractivity contribution in [2.75, 3.05) is 14.2 Å². The van der Waals surface area contributed by atoms with E-state index in [9.17, 15) is 4.79 Å². The second-order valence-electron chi connectivity index (χ2n) is 3.95. The summed E-state index contributed by atoms with van der Waals surface area (Å²) in [4.78, 5) is 11.3. The van der Waals surface area contributed by atoms with E-state index in [1.807, 2.05) is 31.3 Å². The van der Waals surface area contributed by atoms with Gasteiger partial charge in [-0.25, -0.2) is 4.79 Å². The fourth-order valence-corrected chi connectivity index (χ4v) is 1.39. The molecule has 0 fully saturated rings. The molecule has 1 aromatic carbocycles. The van der Waals surface area contributed by atoms with Gasteiger partial charge in [-0.1, -0.05) is 24.8 Å². The summed E-state index contributed by atoms with van der Waals surface area (Å²) < 4.78 is 10.1. The lowest BCUT2D eigenvalue weighted by atomic mass is 10.1. The third-order valence-corrected chi connectivity index (χ3v) is 2.46. The Hall–Kier alpha value is -2.49. The van der Waals surface area contributed by atoms with E-state index in [1.54, 1.807) is 24.4 Å².